The molecule has 1 saturated heterocycles. The molecular weight excluding hydrogens is 316 g/mol. The van der Waals surface area contributed by atoms with Gasteiger partial charge in [0.25, 0.3) is 0 Å². The van der Waals surface area contributed by atoms with E-state index < -0.39 is 37.3 Å². The molecule has 2 heterocycles. The van der Waals surface area contributed by atoms with Crippen molar-refractivity contribution in [3.05, 3.63) is 36.0 Å². The van der Waals surface area contributed by atoms with E-state index in [2.05, 4.69) is 9.98 Å². The minimum Gasteiger partial charge on any atom is -0.506 e. The number of pyridine rings is 1. The zero-order valence-corrected chi connectivity index (χ0v) is 12.6. The fraction of sp³-hybridized carbons (Fsp3) is 0.375. The van der Waals surface area contributed by atoms with Crippen LogP contribution in [0, 0.1) is 0 Å². The number of aliphatic hydroxyl groups excluding tert-OH is 4. The van der Waals surface area contributed by atoms with E-state index in [1.165, 1.54) is 12.3 Å². The zero-order chi connectivity index (χ0) is 17.3. The number of fused-ring (bicyclic) bond motifs is 1. The summed E-state index contributed by atoms with van der Waals surface area (Å²) in [5.74, 6) is 0.0324. The number of aromatic nitrogens is 1. The van der Waals surface area contributed by atoms with Gasteiger partial charge in [-0.05, 0) is 12.1 Å². The molecule has 1 aromatic carbocycles. The Morgan fingerprint density at radius 3 is 2.67 bits per heavy atom. The average Bonchev–Trinajstić information content (AvgIpc) is 2.58. The van der Waals surface area contributed by atoms with Gasteiger partial charge < -0.3 is 30.3 Å². The van der Waals surface area contributed by atoms with Crippen molar-refractivity contribution in [2.45, 2.75) is 30.6 Å². The number of hydrogen-bond acceptors (Lipinski definition) is 8. The zero-order valence-electron chi connectivity index (χ0n) is 12.6. The summed E-state index contributed by atoms with van der Waals surface area (Å²) in [7, 11) is 0. The number of hydrogen-bond donors (Lipinski definition) is 5. The van der Waals surface area contributed by atoms with Gasteiger partial charge in [0.15, 0.2) is 6.29 Å². The standard InChI is InChI=1S/C16H18N2O6/c19-7-11-14(21)15(22)13(16(23)24-11)17-6-9-5-4-8-2-1-3-10(20)12(8)18-9/h1-6,11,13-16,19-23H,7H2/t11-,13-,14+,15-,16-/m1/s1. The molecule has 0 bridgehead atoms. The van der Waals surface area contributed by atoms with E-state index in [-0.39, 0.29) is 5.75 Å². The van der Waals surface area contributed by atoms with Crippen molar-refractivity contribution in [2.75, 3.05) is 6.61 Å². The number of aliphatic imine (C=N–C) groups is 1. The van der Waals surface area contributed by atoms with Crippen LogP contribution >= 0.6 is 0 Å². The number of aliphatic hydroxyl groups is 4. The first-order chi connectivity index (χ1) is 11.5. The number of nitrogens with zero attached hydrogens (tertiary/aromatic N) is 2. The van der Waals surface area contributed by atoms with Gasteiger partial charge in [0.05, 0.1) is 12.3 Å². The SMILES string of the molecule is OC[C@H]1O[C@@H](O)[C@H](N=Cc2ccc3cccc(O)c3n2)[C@@H](O)[C@H]1O. The largest absolute Gasteiger partial charge is 0.506 e. The van der Waals surface area contributed by atoms with Crippen molar-refractivity contribution < 1.29 is 30.3 Å². The van der Waals surface area contributed by atoms with E-state index in [4.69, 9.17) is 9.84 Å². The molecule has 1 aliphatic heterocycles. The highest BCUT2D eigenvalue weighted by Gasteiger charge is 2.43. The molecule has 2 aromatic rings. The highest BCUT2D eigenvalue weighted by molar-refractivity contribution is 5.88. The Morgan fingerprint density at radius 1 is 1.12 bits per heavy atom. The molecule has 1 fully saturated rings. The van der Waals surface area contributed by atoms with Crippen molar-refractivity contribution in [3.63, 3.8) is 0 Å². The molecule has 0 radical (unpaired) electrons. The minimum absolute atomic E-state index is 0.0324. The predicted molar refractivity (Wildman–Crippen MR) is 84.8 cm³/mol. The number of para-hydroxylation sites is 1. The van der Waals surface area contributed by atoms with E-state index in [0.717, 1.165) is 5.39 Å². The van der Waals surface area contributed by atoms with Crippen LogP contribution in [0.1, 0.15) is 5.69 Å². The summed E-state index contributed by atoms with van der Waals surface area (Å²) in [4.78, 5) is 8.29. The maximum Gasteiger partial charge on any atom is 0.180 e. The maximum atomic E-state index is 10.0. The average molecular weight is 334 g/mol. The lowest BCUT2D eigenvalue weighted by molar-refractivity contribution is -0.248. The number of rotatable bonds is 3. The molecule has 1 aliphatic rings. The van der Waals surface area contributed by atoms with Crippen LogP contribution in [0.4, 0.5) is 0 Å². The van der Waals surface area contributed by atoms with Crippen molar-refractivity contribution in [1.29, 1.82) is 0 Å². The second-order valence-corrected chi connectivity index (χ2v) is 5.58. The highest BCUT2D eigenvalue weighted by atomic mass is 16.6. The molecule has 5 atom stereocenters. The smallest absolute Gasteiger partial charge is 0.180 e. The third kappa shape index (κ3) is 3.10. The van der Waals surface area contributed by atoms with E-state index in [1.54, 1.807) is 24.3 Å². The summed E-state index contributed by atoms with van der Waals surface area (Å²) < 4.78 is 5.03. The molecule has 0 saturated carbocycles. The van der Waals surface area contributed by atoms with Crippen LogP contribution in [0.3, 0.4) is 0 Å². The van der Waals surface area contributed by atoms with Crippen LogP contribution < -0.4 is 0 Å². The van der Waals surface area contributed by atoms with Crippen molar-refractivity contribution >= 4 is 17.1 Å². The number of benzene rings is 1. The molecule has 1 aromatic heterocycles. The topological polar surface area (TPSA) is 136 Å². The van der Waals surface area contributed by atoms with Crippen LogP contribution in [0.5, 0.6) is 5.75 Å². The van der Waals surface area contributed by atoms with Gasteiger partial charge in [0, 0.05) is 11.6 Å². The summed E-state index contributed by atoms with van der Waals surface area (Å²) >= 11 is 0. The highest BCUT2D eigenvalue weighted by Crippen LogP contribution is 2.23. The van der Waals surface area contributed by atoms with Crippen LogP contribution in [0.15, 0.2) is 35.3 Å². The first kappa shape index (κ1) is 16.7. The Kier molecular flexibility index (Phi) is 4.74. The van der Waals surface area contributed by atoms with Gasteiger partial charge in [-0.25, -0.2) is 4.98 Å². The van der Waals surface area contributed by atoms with E-state index in [9.17, 15) is 20.4 Å². The minimum atomic E-state index is -1.47. The monoisotopic (exact) mass is 334 g/mol. The van der Waals surface area contributed by atoms with Gasteiger partial charge in [-0.1, -0.05) is 18.2 Å². The molecule has 5 N–H and O–H groups in total. The van der Waals surface area contributed by atoms with Gasteiger partial charge in [-0.2, -0.15) is 0 Å². The summed E-state index contributed by atoms with van der Waals surface area (Å²) in [6.45, 7) is -0.531. The van der Waals surface area contributed by atoms with Gasteiger partial charge in [0.1, 0.15) is 35.6 Å². The molecule has 128 valence electrons. The Balaban J connectivity index is 1.83. The number of phenols is 1. The van der Waals surface area contributed by atoms with Crippen molar-refractivity contribution in [1.82, 2.24) is 4.98 Å². The van der Waals surface area contributed by atoms with Gasteiger partial charge >= 0.3 is 0 Å². The lowest BCUT2D eigenvalue weighted by Crippen LogP contribution is -2.57. The molecule has 0 amide bonds. The molecule has 0 aliphatic carbocycles. The second kappa shape index (κ2) is 6.80. The van der Waals surface area contributed by atoms with Crippen molar-refractivity contribution in [3.8, 4) is 5.75 Å². The van der Waals surface area contributed by atoms with Crippen LogP contribution in [-0.4, -0.2) is 74.0 Å². The number of ether oxygens (including phenoxy) is 1. The van der Waals surface area contributed by atoms with Crippen LogP contribution in [0.25, 0.3) is 10.9 Å². The summed E-state index contributed by atoms with van der Waals surface area (Å²) in [6, 6.07) is 7.33. The second-order valence-electron chi connectivity index (χ2n) is 5.58. The number of phenolic OH excluding ortho intramolecular Hbond substituents is 1. The van der Waals surface area contributed by atoms with Gasteiger partial charge in [0.2, 0.25) is 0 Å². The maximum absolute atomic E-state index is 10.0. The lowest BCUT2D eigenvalue weighted by Gasteiger charge is -2.38. The molecule has 8 heteroatoms. The van der Waals surface area contributed by atoms with E-state index in [1.807, 2.05) is 0 Å². The van der Waals surface area contributed by atoms with Crippen molar-refractivity contribution in [2.24, 2.45) is 4.99 Å². The van der Waals surface area contributed by atoms with Gasteiger partial charge in [-0.15, -0.1) is 0 Å². The molecule has 8 nitrogen and oxygen atoms in total. The molecule has 0 unspecified atom stereocenters. The third-order valence-electron chi connectivity index (χ3n) is 3.97. The molecule has 3 rings (SSSR count). The Bertz CT molecular complexity index is 752. The Morgan fingerprint density at radius 2 is 1.92 bits per heavy atom. The quantitative estimate of drug-likeness (QED) is 0.462. The van der Waals surface area contributed by atoms with E-state index in [0.29, 0.717) is 11.2 Å². The van der Waals surface area contributed by atoms with E-state index >= 15 is 0 Å². The number of aromatic hydroxyl groups is 1. The molecule has 24 heavy (non-hydrogen) atoms. The van der Waals surface area contributed by atoms with Crippen LogP contribution in [0.2, 0.25) is 0 Å². The summed E-state index contributed by atoms with van der Waals surface area (Å²) in [5.41, 5.74) is 0.810. The fourth-order valence-corrected chi connectivity index (χ4v) is 2.62. The fourth-order valence-electron chi connectivity index (χ4n) is 2.62. The lowest BCUT2D eigenvalue weighted by atomic mass is 9.97. The third-order valence-corrected chi connectivity index (χ3v) is 3.97. The Labute approximate surface area is 137 Å². The normalized spacial score (nSPS) is 30.9. The summed E-state index contributed by atoms with van der Waals surface area (Å²) in [5, 5.41) is 49.4. The molecular formula is C16H18N2O6. The van der Waals surface area contributed by atoms with Crippen LogP contribution in [-0.2, 0) is 4.74 Å². The van der Waals surface area contributed by atoms with Gasteiger partial charge in [-0.3, -0.25) is 4.99 Å². The molecule has 0 spiro atoms. The first-order valence-electron chi connectivity index (χ1n) is 7.43. The summed E-state index contributed by atoms with van der Waals surface area (Å²) in [6.07, 6.45) is -3.98. The predicted octanol–water partition coefficient (Wildman–Crippen LogP) is -0.841. The first-order valence-corrected chi connectivity index (χ1v) is 7.43. The Hall–Kier alpha value is -2.10.